The van der Waals surface area contributed by atoms with Crippen molar-refractivity contribution in [2.45, 2.75) is 12.3 Å². The summed E-state index contributed by atoms with van der Waals surface area (Å²) in [5.74, 6) is 0.500. The maximum absolute atomic E-state index is 11.8. The van der Waals surface area contributed by atoms with Crippen LogP contribution in [0.3, 0.4) is 0 Å². The molecule has 8 nitrogen and oxygen atoms in total. The van der Waals surface area contributed by atoms with Crippen molar-refractivity contribution in [1.29, 1.82) is 0 Å². The standard InChI is InChI=1S/C12H12N4O4/c1-18-10-4-8(13-6-14-10)11-15-12(20-16-11)7-5-19-3-2-9(7)17/h4,6-7H,2-3,5H2,1H3. The number of hydrogen-bond donors (Lipinski definition) is 0. The van der Waals surface area contributed by atoms with Gasteiger partial charge >= 0.3 is 0 Å². The maximum atomic E-state index is 11.8. The van der Waals surface area contributed by atoms with Gasteiger partial charge in [-0.3, -0.25) is 4.79 Å². The van der Waals surface area contributed by atoms with E-state index in [1.165, 1.54) is 13.4 Å². The molecule has 0 spiro atoms. The Hall–Kier alpha value is -2.35. The van der Waals surface area contributed by atoms with E-state index >= 15 is 0 Å². The monoisotopic (exact) mass is 276 g/mol. The lowest BCUT2D eigenvalue weighted by molar-refractivity contribution is -0.127. The highest BCUT2D eigenvalue weighted by molar-refractivity contribution is 5.85. The normalized spacial score (nSPS) is 19.1. The lowest BCUT2D eigenvalue weighted by Crippen LogP contribution is -2.25. The smallest absolute Gasteiger partial charge is 0.239 e. The van der Waals surface area contributed by atoms with Crippen LogP contribution in [0.1, 0.15) is 18.2 Å². The molecule has 0 bridgehead atoms. The lowest BCUT2D eigenvalue weighted by Gasteiger charge is -2.16. The van der Waals surface area contributed by atoms with E-state index in [0.29, 0.717) is 30.4 Å². The molecule has 1 unspecified atom stereocenters. The molecule has 0 aromatic carbocycles. The van der Waals surface area contributed by atoms with E-state index in [0.717, 1.165) is 0 Å². The molecule has 1 aliphatic heterocycles. The molecular formula is C12H12N4O4. The van der Waals surface area contributed by atoms with Gasteiger partial charge in [-0.2, -0.15) is 4.98 Å². The summed E-state index contributed by atoms with van der Waals surface area (Å²) in [5, 5.41) is 3.83. The van der Waals surface area contributed by atoms with E-state index in [-0.39, 0.29) is 18.3 Å². The van der Waals surface area contributed by atoms with Gasteiger partial charge < -0.3 is 14.0 Å². The van der Waals surface area contributed by atoms with Crippen molar-refractivity contribution < 1.29 is 18.8 Å². The molecule has 1 saturated heterocycles. The molecule has 0 amide bonds. The van der Waals surface area contributed by atoms with Crippen molar-refractivity contribution in [3.05, 3.63) is 18.3 Å². The Bertz CT molecular complexity index is 627. The topological polar surface area (TPSA) is 100 Å². The zero-order valence-electron chi connectivity index (χ0n) is 10.8. The summed E-state index contributed by atoms with van der Waals surface area (Å²) < 4.78 is 15.4. The van der Waals surface area contributed by atoms with Gasteiger partial charge in [0.2, 0.25) is 17.6 Å². The van der Waals surface area contributed by atoms with Gasteiger partial charge in [-0.15, -0.1) is 0 Å². The molecule has 2 aromatic rings. The maximum Gasteiger partial charge on any atom is 0.239 e. The summed E-state index contributed by atoms with van der Waals surface area (Å²) >= 11 is 0. The Morgan fingerprint density at radius 1 is 1.40 bits per heavy atom. The van der Waals surface area contributed by atoms with Crippen molar-refractivity contribution in [3.63, 3.8) is 0 Å². The fourth-order valence-corrected chi connectivity index (χ4v) is 1.90. The fourth-order valence-electron chi connectivity index (χ4n) is 1.90. The number of rotatable bonds is 3. The fraction of sp³-hybridized carbons (Fsp3) is 0.417. The number of carbonyl (C=O) groups is 1. The highest BCUT2D eigenvalue weighted by Crippen LogP contribution is 2.24. The van der Waals surface area contributed by atoms with Crippen molar-refractivity contribution in [2.24, 2.45) is 0 Å². The molecule has 0 saturated carbocycles. The Balaban J connectivity index is 1.87. The van der Waals surface area contributed by atoms with Crippen LogP contribution in [0.15, 0.2) is 16.9 Å². The SMILES string of the molecule is COc1cc(-c2noc(C3COCCC3=O)n2)ncn1. The Morgan fingerprint density at radius 2 is 2.30 bits per heavy atom. The molecule has 1 atom stereocenters. The second-order valence-corrected chi connectivity index (χ2v) is 4.25. The van der Waals surface area contributed by atoms with Gasteiger partial charge in [0.1, 0.15) is 23.7 Å². The van der Waals surface area contributed by atoms with E-state index < -0.39 is 5.92 Å². The Kier molecular flexibility index (Phi) is 3.38. The number of aromatic nitrogens is 4. The summed E-state index contributed by atoms with van der Waals surface area (Å²) in [5.41, 5.74) is 0.469. The van der Waals surface area contributed by atoms with Gasteiger partial charge in [-0.05, 0) is 0 Å². The van der Waals surface area contributed by atoms with Gasteiger partial charge in [0.15, 0.2) is 0 Å². The second-order valence-electron chi connectivity index (χ2n) is 4.25. The average Bonchev–Trinajstić information content (AvgIpc) is 2.97. The third-order valence-electron chi connectivity index (χ3n) is 2.99. The van der Waals surface area contributed by atoms with E-state index in [9.17, 15) is 4.79 Å². The molecule has 20 heavy (non-hydrogen) atoms. The van der Waals surface area contributed by atoms with Gasteiger partial charge in [0.05, 0.1) is 20.3 Å². The molecule has 1 fully saturated rings. The van der Waals surface area contributed by atoms with Gasteiger partial charge in [0.25, 0.3) is 0 Å². The second kappa shape index (κ2) is 5.33. The third-order valence-corrected chi connectivity index (χ3v) is 2.99. The first kappa shape index (κ1) is 12.7. The van der Waals surface area contributed by atoms with E-state index in [1.807, 2.05) is 0 Å². The van der Waals surface area contributed by atoms with Crippen LogP contribution >= 0.6 is 0 Å². The minimum absolute atomic E-state index is 0.0479. The quantitative estimate of drug-likeness (QED) is 0.803. The highest BCUT2D eigenvalue weighted by atomic mass is 16.5. The first-order valence-electron chi connectivity index (χ1n) is 6.08. The highest BCUT2D eigenvalue weighted by Gasteiger charge is 2.30. The molecule has 0 radical (unpaired) electrons. The number of ketones is 1. The average molecular weight is 276 g/mol. The zero-order chi connectivity index (χ0) is 13.9. The van der Waals surface area contributed by atoms with E-state index in [1.54, 1.807) is 6.07 Å². The van der Waals surface area contributed by atoms with Crippen LogP contribution in [0, 0.1) is 0 Å². The minimum atomic E-state index is -0.492. The number of methoxy groups -OCH3 is 1. The van der Waals surface area contributed by atoms with E-state index in [4.69, 9.17) is 14.0 Å². The summed E-state index contributed by atoms with van der Waals surface area (Å²) in [4.78, 5) is 23.9. The van der Waals surface area contributed by atoms with Crippen LogP contribution in [0.5, 0.6) is 5.88 Å². The predicted octanol–water partition coefficient (Wildman–Crippen LogP) is 0.608. The predicted molar refractivity (Wildman–Crippen MR) is 65.1 cm³/mol. The van der Waals surface area contributed by atoms with Crippen molar-refractivity contribution in [1.82, 2.24) is 20.1 Å². The van der Waals surface area contributed by atoms with Crippen LogP contribution < -0.4 is 4.74 Å². The molecule has 104 valence electrons. The molecular weight excluding hydrogens is 264 g/mol. The molecule has 3 rings (SSSR count). The Labute approximate surface area is 114 Å². The lowest BCUT2D eigenvalue weighted by atomic mass is 10.0. The number of ether oxygens (including phenoxy) is 2. The summed E-state index contributed by atoms with van der Waals surface area (Å²) in [6.07, 6.45) is 1.71. The van der Waals surface area contributed by atoms with Gasteiger partial charge in [0, 0.05) is 12.5 Å². The van der Waals surface area contributed by atoms with Crippen LogP contribution in [-0.2, 0) is 9.53 Å². The first-order valence-corrected chi connectivity index (χ1v) is 6.08. The Morgan fingerprint density at radius 3 is 3.10 bits per heavy atom. The van der Waals surface area contributed by atoms with Crippen LogP contribution in [0.4, 0.5) is 0 Å². The molecule has 3 heterocycles. The van der Waals surface area contributed by atoms with Crippen molar-refractivity contribution in [2.75, 3.05) is 20.3 Å². The van der Waals surface area contributed by atoms with Crippen molar-refractivity contribution in [3.8, 4) is 17.4 Å². The number of nitrogens with zero attached hydrogens (tertiary/aromatic N) is 4. The molecule has 0 aliphatic carbocycles. The van der Waals surface area contributed by atoms with Crippen LogP contribution in [0.2, 0.25) is 0 Å². The molecule has 0 N–H and O–H groups in total. The third kappa shape index (κ3) is 2.37. The van der Waals surface area contributed by atoms with Crippen molar-refractivity contribution >= 4 is 5.78 Å². The minimum Gasteiger partial charge on any atom is -0.481 e. The van der Waals surface area contributed by atoms with Gasteiger partial charge in [-0.1, -0.05) is 5.16 Å². The summed E-state index contributed by atoms with van der Waals surface area (Å²) in [6.45, 7) is 0.715. The zero-order valence-corrected chi connectivity index (χ0v) is 10.8. The van der Waals surface area contributed by atoms with E-state index in [2.05, 4.69) is 20.1 Å². The molecule has 1 aliphatic rings. The molecule has 8 heteroatoms. The number of carbonyl (C=O) groups excluding carboxylic acids is 1. The number of Topliss-reactive ketones (excluding diaryl/α,β-unsaturated/α-hetero) is 1. The van der Waals surface area contributed by atoms with Gasteiger partial charge in [-0.25, -0.2) is 9.97 Å². The summed E-state index contributed by atoms with van der Waals surface area (Å²) in [7, 11) is 1.51. The van der Waals surface area contributed by atoms with Crippen LogP contribution in [0.25, 0.3) is 11.5 Å². The largest absolute Gasteiger partial charge is 0.481 e. The first-order chi connectivity index (χ1) is 9.78. The summed E-state index contributed by atoms with van der Waals surface area (Å²) in [6, 6.07) is 1.59. The number of hydrogen-bond acceptors (Lipinski definition) is 8. The molecule has 2 aromatic heterocycles. The van der Waals surface area contributed by atoms with Crippen LogP contribution in [-0.4, -0.2) is 46.2 Å².